The number of nitrogen functional groups attached to an aromatic ring is 1. The van der Waals surface area contributed by atoms with Crippen LogP contribution in [-0.2, 0) is 0 Å². The maximum atomic E-state index is 5.94. The van der Waals surface area contributed by atoms with Crippen molar-refractivity contribution in [2.45, 2.75) is 26.8 Å². The number of hydrogen-bond donors (Lipinski definition) is 2. The minimum absolute atomic E-state index is 0.159. The molecule has 0 fully saturated rings. The molecule has 0 aliphatic carbocycles. The number of methoxy groups -OCH3 is 1. The van der Waals surface area contributed by atoms with E-state index in [2.05, 4.69) is 37.1 Å². The number of thiophene rings is 1. The van der Waals surface area contributed by atoms with Crippen LogP contribution in [0.4, 0.5) is 11.5 Å². The van der Waals surface area contributed by atoms with Crippen molar-refractivity contribution in [3.8, 4) is 5.88 Å². The lowest BCUT2D eigenvalue weighted by molar-refractivity contribution is 0.398. The van der Waals surface area contributed by atoms with Gasteiger partial charge in [0.15, 0.2) is 5.82 Å². The van der Waals surface area contributed by atoms with Crippen LogP contribution in [0.2, 0.25) is 0 Å². The Balaban J connectivity index is 2.23. The molecule has 0 aliphatic rings. The molecule has 102 valence electrons. The molecule has 0 radical (unpaired) electrons. The maximum Gasteiger partial charge on any atom is 0.215 e. The Morgan fingerprint density at radius 3 is 2.68 bits per heavy atom. The van der Waals surface area contributed by atoms with Gasteiger partial charge in [0.05, 0.1) is 18.8 Å². The van der Waals surface area contributed by atoms with Crippen LogP contribution in [-0.4, -0.2) is 12.1 Å². The van der Waals surface area contributed by atoms with Crippen molar-refractivity contribution in [2.24, 2.45) is 0 Å². The lowest BCUT2D eigenvalue weighted by atomic mass is 10.1. The quantitative estimate of drug-likeness (QED) is 0.897. The van der Waals surface area contributed by atoms with Gasteiger partial charge < -0.3 is 15.8 Å². The summed E-state index contributed by atoms with van der Waals surface area (Å²) in [6.07, 6.45) is 0. The van der Waals surface area contributed by atoms with Gasteiger partial charge in [0.1, 0.15) is 0 Å². The first-order valence-electron chi connectivity index (χ1n) is 6.15. The molecule has 0 amide bonds. The smallest absolute Gasteiger partial charge is 0.215 e. The van der Waals surface area contributed by atoms with Crippen molar-refractivity contribution >= 4 is 22.8 Å². The Hall–Kier alpha value is -1.75. The molecule has 2 heterocycles. The number of aryl methyl sites for hydroxylation is 2. The molecule has 1 unspecified atom stereocenters. The summed E-state index contributed by atoms with van der Waals surface area (Å²) < 4.78 is 5.12. The van der Waals surface area contributed by atoms with Gasteiger partial charge in [-0.1, -0.05) is 0 Å². The number of nitrogens with two attached hydrogens (primary N) is 1. The molecule has 2 rings (SSSR count). The van der Waals surface area contributed by atoms with Crippen LogP contribution in [0.25, 0.3) is 0 Å². The van der Waals surface area contributed by atoms with E-state index in [0.29, 0.717) is 17.4 Å². The fraction of sp³-hybridized carbons (Fsp3) is 0.357. The zero-order valence-electron chi connectivity index (χ0n) is 11.7. The highest BCUT2D eigenvalue weighted by molar-refractivity contribution is 7.12. The molecular weight excluding hydrogens is 258 g/mol. The minimum Gasteiger partial charge on any atom is -0.481 e. The van der Waals surface area contributed by atoms with Gasteiger partial charge in [-0.05, 0) is 38.5 Å². The van der Waals surface area contributed by atoms with E-state index >= 15 is 0 Å². The summed E-state index contributed by atoms with van der Waals surface area (Å²) in [7, 11) is 1.60. The first kappa shape index (κ1) is 13.7. The molecule has 0 aliphatic heterocycles. The molecule has 5 heteroatoms. The molecule has 2 aromatic rings. The third kappa shape index (κ3) is 2.98. The van der Waals surface area contributed by atoms with Crippen molar-refractivity contribution in [2.75, 3.05) is 18.2 Å². The van der Waals surface area contributed by atoms with Gasteiger partial charge >= 0.3 is 0 Å². The lowest BCUT2D eigenvalue weighted by Crippen LogP contribution is -2.10. The molecule has 0 saturated carbocycles. The molecule has 4 nitrogen and oxygen atoms in total. The van der Waals surface area contributed by atoms with E-state index < -0.39 is 0 Å². The predicted molar refractivity (Wildman–Crippen MR) is 81.0 cm³/mol. The average Bonchev–Trinajstić information content (AvgIpc) is 2.71. The van der Waals surface area contributed by atoms with Gasteiger partial charge in [-0.3, -0.25) is 0 Å². The normalized spacial score (nSPS) is 12.2. The van der Waals surface area contributed by atoms with Crippen molar-refractivity contribution in [3.63, 3.8) is 0 Å². The zero-order valence-corrected chi connectivity index (χ0v) is 12.5. The third-order valence-corrected chi connectivity index (χ3v) is 3.99. The summed E-state index contributed by atoms with van der Waals surface area (Å²) in [5.74, 6) is 1.22. The van der Waals surface area contributed by atoms with Gasteiger partial charge in [0.2, 0.25) is 5.88 Å². The number of hydrogen-bond acceptors (Lipinski definition) is 5. The number of pyridine rings is 1. The summed E-state index contributed by atoms with van der Waals surface area (Å²) >= 11 is 1.80. The Bertz CT molecular complexity index is 580. The largest absolute Gasteiger partial charge is 0.481 e. The maximum absolute atomic E-state index is 5.94. The van der Waals surface area contributed by atoms with Gasteiger partial charge in [-0.15, -0.1) is 11.3 Å². The zero-order chi connectivity index (χ0) is 14.0. The number of nitrogens with one attached hydrogen (secondary N) is 1. The Kier molecular flexibility index (Phi) is 3.95. The molecule has 0 spiro atoms. The van der Waals surface area contributed by atoms with E-state index in [4.69, 9.17) is 10.5 Å². The van der Waals surface area contributed by atoms with E-state index in [0.717, 1.165) is 0 Å². The second kappa shape index (κ2) is 5.48. The predicted octanol–water partition coefficient (Wildman–Crippen LogP) is 3.52. The van der Waals surface area contributed by atoms with Gasteiger partial charge in [0.25, 0.3) is 0 Å². The van der Waals surface area contributed by atoms with Crippen molar-refractivity contribution in [1.29, 1.82) is 0 Å². The van der Waals surface area contributed by atoms with Crippen molar-refractivity contribution < 1.29 is 4.74 Å². The summed E-state index contributed by atoms with van der Waals surface area (Å²) in [6.45, 7) is 6.36. The van der Waals surface area contributed by atoms with Crippen molar-refractivity contribution in [1.82, 2.24) is 4.98 Å². The molecular formula is C14H19N3OS. The molecule has 3 N–H and O–H groups in total. The fourth-order valence-electron chi connectivity index (χ4n) is 2.04. The molecule has 0 saturated heterocycles. The number of aromatic nitrogens is 1. The average molecular weight is 277 g/mol. The van der Waals surface area contributed by atoms with Crippen LogP contribution in [0.15, 0.2) is 18.2 Å². The van der Waals surface area contributed by atoms with Crippen LogP contribution in [0, 0.1) is 13.8 Å². The summed E-state index contributed by atoms with van der Waals surface area (Å²) in [5.41, 5.74) is 7.84. The summed E-state index contributed by atoms with van der Waals surface area (Å²) in [4.78, 5) is 6.97. The highest BCUT2D eigenvalue weighted by atomic mass is 32.1. The minimum atomic E-state index is 0.159. The summed E-state index contributed by atoms with van der Waals surface area (Å²) in [6, 6.07) is 5.91. The van der Waals surface area contributed by atoms with Crippen LogP contribution < -0.4 is 15.8 Å². The Morgan fingerprint density at radius 2 is 2.11 bits per heavy atom. The summed E-state index contributed by atoms with van der Waals surface area (Å²) in [5, 5.41) is 3.35. The van der Waals surface area contributed by atoms with E-state index in [1.165, 1.54) is 15.3 Å². The molecule has 0 aromatic carbocycles. The number of nitrogens with zero attached hydrogens (tertiary/aromatic N) is 1. The van der Waals surface area contributed by atoms with Crippen LogP contribution in [0.5, 0.6) is 5.88 Å². The highest BCUT2D eigenvalue weighted by Gasteiger charge is 2.13. The van der Waals surface area contributed by atoms with E-state index in [9.17, 15) is 0 Å². The van der Waals surface area contributed by atoms with E-state index in [-0.39, 0.29) is 6.04 Å². The highest BCUT2D eigenvalue weighted by Crippen LogP contribution is 2.30. The topological polar surface area (TPSA) is 60.2 Å². The molecule has 1 atom stereocenters. The van der Waals surface area contributed by atoms with E-state index in [1.54, 1.807) is 30.6 Å². The van der Waals surface area contributed by atoms with Gasteiger partial charge in [-0.25, -0.2) is 0 Å². The standard InChI is InChI=1S/C14H19N3OS/c1-8-7-11(10(3)19-8)9(2)16-14-12(15)5-6-13(17-14)18-4/h5-7,9H,15H2,1-4H3,(H,16,17). The second-order valence-corrected chi connectivity index (χ2v) is 5.99. The molecule has 2 aromatic heterocycles. The fourth-order valence-corrected chi connectivity index (χ4v) is 3.07. The molecule has 0 bridgehead atoms. The second-order valence-electron chi connectivity index (χ2n) is 4.53. The third-order valence-electron chi connectivity index (χ3n) is 3.01. The molecule has 19 heavy (non-hydrogen) atoms. The number of rotatable bonds is 4. The Labute approximate surface area is 117 Å². The first-order valence-corrected chi connectivity index (χ1v) is 6.97. The number of anilines is 2. The Morgan fingerprint density at radius 1 is 1.37 bits per heavy atom. The first-order chi connectivity index (χ1) is 9.01. The van der Waals surface area contributed by atoms with E-state index in [1.807, 2.05) is 0 Å². The lowest BCUT2D eigenvalue weighted by Gasteiger charge is -2.16. The van der Waals surface area contributed by atoms with Crippen LogP contribution in [0.1, 0.15) is 28.3 Å². The van der Waals surface area contributed by atoms with Crippen molar-refractivity contribution in [3.05, 3.63) is 33.5 Å². The van der Waals surface area contributed by atoms with Gasteiger partial charge in [0, 0.05) is 15.8 Å². The van der Waals surface area contributed by atoms with Gasteiger partial charge in [-0.2, -0.15) is 4.98 Å². The van der Waals surface area contributed by atoms with Crippen LogP contribution >= 0.6 is 11.3 Å². The SMILES string of the molecule is COc1ccc(N)c(NC(C)c2cc(C)sc2C)n1. The monoisotopic (exact) mass is 277 g/mol. The van der Waals surface area contributed by atoms with Crippen LogP contribution in [0.3, 0.4) is 0 Å². The number of ether oxygens (including phenoxy) is 1.